The van der Waals surface area contributed by atoms with Crippen LogP contribution < -0.4 is 5.73 Å². The second-order valence-electron chi connectivity index (χ2n) is 5.60. The van der Waals surface area contributed by atoms with Gasteiger partial charge in [0.1, 0.15) is 0 Å². The summed E-state index contributed by atoms with van der Waals surface area (Å²) >= 11 is 0. The molecule has 0 rings (SSSR count). The van der Waals surface area contributed by atoms with Crippen molar-refractivity contribution >= 4 is 0 Å². The maximum absolute atomic E-state index is 5.73. The molecule has 0 aromatic heterocycles. The third-order valence-electron chi connectivity index (χ3n) is 3.09. The third-order valence-corrected chi connectivity index (χ3v) is 3.09. The van der Waals surface area contributed by atoms with Crippen molar-refractivity contribution in [3.8, 4) is 0 Å². The molecule has 2 N–H and O–H groups in total. The summed E-state index contributed by atoms with van der Waals surface area (Å²) in [6.07, 6.45) is 3.75. The van der Waals surface area contributed by atoms with Crippen molar-refractivity contribution in [3.63, 3.8) is 0 Å². The van der Waals surface area contributed by atoms with Gasteiger partial charge in [0.15, 0.2) is 0 Å². The average Bonchev–Trinajstić information content (AvgIpc) is 2.16. The molecule has 0 unspecified atom stereocenters. The Bertz CT molecular complexity index is 153. The van der Waals surface area contributed by atoms with Gasteiger partial charge >= 0.3 is 0 Å². The zero-order chi connectivity index (χ0) is 11.9. The summed E-state index contributed by atoms with van der Waals surface area (Å²) in [6.45, 7) is 14.6. The Labute approximate surface area is 96.2 Å². The zero-order valence-corrected chi connectivity index (χ0v) is 11.3. The van der Waals surface area contributed by atoms with Gasteiger partial charge in [-0.05, 0) is 58.2 Å². The fourth-order valence-electron chi connectivity index (χ4n) is 1.78. The molecule has 0 fully saturated rings. The molecule has 0 aromatic carbocycles. The van der Waals surface area contributed by atoms with E-state index in [0.29, 0.717) is 11.5 Å². The maximum atomic E-state index is 5.73. The molecule has 2 heteroatoms. The smallest absolute Gasteiger partial charge is 0.00385 e. The van der Waals surface area contributed by atoms with E-state index in [4.69, 9.17) is 5.73 Å². The largest absolute Gasteiger partial charge is 0.330 e. The SMILES string of the molecule is CCCN(CCCC(C)(C)CN)C(C)C. The quantitative estimate of drug-likeness (QED) is 0.673. The van der Waals surface area contributed by atoms with Gasteiger partial charge in [0.05, 0.1) is 0 Å². The van der Waals surface area contributed by atoms with E-state index in [1.54, 1.807) is 0 Å². The molecule has 0 radical (unpaired) electrons. The van der Waals surface area contributed by atoms with Crippen LogP contribution in [-0.2, 0) is 0 Å². The Balaban J connectivity index is 3.80. The molecule has 92 valence electrons. The summed E-state index contributed by atoms with van der Waals surface area (Å²) in [4.78, 5) is 2.56. The lowest BCUT2D eigenvalue weighted by molar-refractivity contribution is 0.203. The first-order valence-electron chi connectivity index (χ1n) is 6.37. The standard InChI is InChI=1S/C13H30N2/c1-6-9-15(12(2)3)10-7-8-13(4,5)11-14/h12H,6-11,14H2,1-5H3. The number of hydrogen-bond acceptors (Lipinski definition) is 2. The van der Waals surface area contributed by atoms with Crippen molar-refractivity contribution in [1.29, 1.82) is 0 Å². The van der Waals surface area contributed by atoms with Gasteiger partial charge < -0.3 is 10.6 Å². The van der Waals surface area contributed by atoms with Gasteiger partial charge in [0, 0.05) is 6.04 Å². The third kappa shape index (κ3) is 6.91. The average molecular weight is 214 g/mol. The van der Waals surface area contributed by atoms with Crippen molar-refractivity contribution in [1.82, 2.24) is 4.90 Å². The van der Waals surface area contributed by atoms with Gasteiger partial charge in [0.2, 0.25) is 0 Å². The summed E-state index contributed by atoms with van der Waals surface area (Å²) in [6, 6.07) is 0.672. The summed E-state index contributed by atoms with van der Waals surface area (Å²) in [5.74, 6) is 0. The molecule has 0 amide bonds. The summed E-state index contributed by atoms with van der Waals surface area (Å²) in [7, 11) is 0. The monoisotopic (exact) mass is 214 g/mol. The van der Waals surface area contributed by atoms with E-state index < -0.39 is 0 Å². The molecule has 0 aliphatic carbocycles. The second kappa shape index (κ2) is 7.24. The number of hydrogen-bond donors (Lipinski definition) is 1. The molecule has 0 saturated heterocycles. The van der Waals surface area contributed by atoms with Crippen LogP contribution in [0, 0.1) is 5.41 Å². The van der Waals surface area contributed by atoms with Gasteiger partial charge in [-0.2, -0.15) is 0 Å². The molecular weight excluding hydrogens is 184 g/mol. The highest BCUT2D eigenvalue weighted by Crippen LogP contribution is 2.20. The van der Waals surface area contributed by atoms with Gasteiger partial charge in [-0.25, -0.2) is 0 Å². The van der Waals surface area contributed by atoms with Crippen LogP contribution in [0.2, 0.25) is 0 Å². The minimum absolute atomic E-state index is 0.314. The lowest BCUT2D eigenvalue weighted by atomic mass is 9.88. The van der Waals surface area contributed by atoms with Crippen LogP contribution in [0.15, 0.2) is 0 Å². The Kier molecular flexibility index (Phi) is 7.20. The van der Waals surface area contributed by atoms with E-state index in [1.165, 1.54) is 32.4 Å². The van der Waals surface area contributed by atoms with Crippen molar-refractivity contribution in [3.05, 3.63) is 0 Å². The van der Waals surface area contributed by atoms with Crippen LogP contribution in [0.3, 0.4) is 0 Å². The Hall–Kier alpha value is -0.0800. The van der Waals surface area contributed by atoms with Crippen molar-refractivity contribution in [2.75, 3.05) is 19.6 Å². The topological polar surface area (TPSA) is 29.3 Å². The van der Waals surface area contributed by atoms with Gasteiger partial charge in [-0.15, -0.1) is 0 Å². The lowest BCUT2D eigenvalue weighted by Gasteiger charge is -2.28. The highest BCUT2D eigenvalue weighted by Gasteiger charge is 2.16. The molecule has 0 aromatic rings. The molecule has 0 spiro atoms. The number of nitrogens with zero attached hydrogens (tertiary/aromatic N) is 1. The normalized spacial score (nSPS) is 12.8. The Morgan fingerprint density at radius 2 is 1.80 bits per heavy atom. The number of rotatable bonds is 8. The van der Waals surface area contributed by atoms with Gasteiger partial charge in [0.25, 0.3) is 0 Å². The summed E-state index contributed by atoms with van der Waals surface area (Å²) in [5, 5.41) is 0. The molecule has 0 heterocycles. The minimum atomic E-state index is 0.314. The van der Waals surface area contributed by atoms with Crippen LogP contribution in [0.25, 0.3) is 0 Å². The Morgan fingerprint density at radius 3 is 2.20 bits per heavy atom. The number of nitrogens with two attached hydrogens (primary N) is 1. The first-order valence-corrected chi connectivity index (χ1v) is 6.37. The van der Waals surface area contributed by atoms with E-state index in [-0.39, 0.29) is 0 Å². The van der Waals surface area contributed by atoms with E-state index in [2.05, 4.69) is 39.5 Å². The van der Waals surface area contributed by atoms with Crippen LogP contribution in [-0.4, -0.2) is 30.6 Å². The Morgan fingerprint density at radius 1 is 1.20 bits per heavy atom. The van der Waals surface area contributed by atoms with Crippen molar-refractivity contribution in [2.45, 2.75) is 59.9 Å². The van der Waals surface area contributed by atoms with Crippen LogP contribution in [0.1, 0.15) is 53.9 Å². The van der Waals surface area contributed by atoms with E-state index in [0.717, 1.165) is 6.54 Å². The van der Waals surface area contributed by atoms with Crippen molar-refractivity contribution < 1.29 is 0 Å². The van der Waals surface area contributed by atoms with E-state index in [1.807, 2.05) is 0 Å². The molecule has 0 aliphatic rings. The highest BCUT2D eigenvalue weighted by atomic mass is 15.1. The van der Waals surface area contributed by atoms with Crippen LogP contribution in [0.5, 0.6) is 0 Å². The van der Waals surface area contributed by atoms with E-state index >= 15 is 0 Å². The highest BCUT2D eigenvalue weighted by molar-refractivity contribution is 4.71. The molecule has 0 bridgehead atoms. The molecule has 0 atom stereocenters. The van der Waals surface area contributed by atoms with Crippen LogP contribution in [0.4, 0.5) is 0 Å². The maximum Gasteiger partial charge on any atom is 0.00385 e. The molecular formula is C13H30N2. The van der Waals surface area contributed by atoms with Gasteiger partial charge in [-0.3, -0.25) is 0 Å². The van der Waals surface area contributed by atoms with Crippen LogP contribution >= 0.6 is 0 Å². The van der Waals surface area contributed by atoms with E-state index in [9.17, 15) is 0 Å². The first kappa shape index (κ1) is 14.9. The first-order chi connectivity index (χ1) is 6.93. The fraction of sp³-hybridized carbons (Fsp3) is 1.00. The summed E-state index contributed by atoms with van der Waals surface area (Å²) in [5.41, 5.74) is 6.04. The molecule has 15 heavy (non-hydrogen) atoms. The minimum Gasteiger partial charge on any atom is -0.330 e. The molecule has 2 nitrogen and oxygen atoms in total. The summed E-state index contributed by atoms with van der Waals surface area (Å²) < 4.78 is 0. The molecule has 0 aliphatic heterocycles. The molecule has 0 saturated carbocycles. The zero-order valence-electron chi connectivity index (χ0n) is 11.3. The lowest BCUT2D eigenvalue weighted by Crippen LogP contribution is -2.33. The van der Waals surface area contributed by atoms with Crippen molar-refractivity contribution in [2.24, 2.45) is 11.1 Å². The van der Waals surface area contributed by atoms with Gasteiger partial charge in [-0.1, -0.05) is 20.8 Å². The second-order valence-corrected chi connectivity index (χ2v) is 5.60. The predicted octanol–water partition coefficient (Wildman–Crippen LogP) is 2.87. The fourth-order valence-corrected chi connectivity index (χ4v) is 1.78. The predicted molar refractivity (Wildman–Crippen MR) is 69.1 cm³/mol.